The van der Waals surface area contributed by atoms with Crippen LogP contribution in [0.25, 0.3) is 0 Å². The van der Waals surface area contributed by atoms with E-state index in [-0.39, 0.29) is 18.0 Å². The van der Waals surface area contributed by atoms with Crippen molar-refractivity contribution in [1.29, 1.82) is 0 Å². The molecule has 1 saturated heterocycles. The van der Waals surface area contributed by atoms with Crippen LogP contribution in [0.5, 0.6) is 0 Å². The zero-order valence-electron chi connectivity index (χ0n) is 5.88. The first-order valence-electron chi connectivity index (χ1n) is 3.09. The fourth-order valence-electron chi connectivity index (χ4n) is 0.839. The largest absolute Gasteiger partial charge is 0.458 e. The van der Waals surface area contributed by atoms with Gasteiger partial charge < -0.3 is 10.1 Å². The summed E-state index contributed by atoms with van der Waals surface area (Å²) >= 11 is 0. The van der Waals surface area contributed by atoms with Crippen LogP contribution in [0.3, 0.4) is 0 Å². The topological polar surface area (TPSA) is 55.4 Å². The zero-order chi connectivity index (χ0) is 7.72. The Bertz CT molecular complexity index is 178. The predicted molar refractivity (Wildman–Crippen MR) is 33.2 cm³/mol. The Morgan fingerprint density at radius 3 is 2.50 bits per heavy atom. The van der Waals surface area contributed by atoms with Crippen LogP contribution in [0, 0.1) is 0 Å². The van der Waals surface area contributed by atoms with E-state index in [1.54, 1.807) is 6.92 Å². The maximum absolute atomic E-state index is 10.5. The van der Waals surface area contributed by atoms with Crippen LogP contribution >= 0.6 is 0 Å². The molecule has 1 rings (SSSR count). The minimum absolute atomic E-state index is 0.170. The van der Waals surface area contributed by atoms with Gasteiger partial charge in [0.2, 0.25) is 5.91 Å². The molecule has 1 fully saturated rings. The zero-order valence-corrected chi connectivity index (χ0v) is 5.88. The molecule has 0 saturated carbocycles. The molecule has 4 nitrogen and oxygen atoms in total. The van der Waals surface area contributed by atoms with Gasteiger partial charge in [0, 0.05) is 6.92 Å². The van der Waals surface area contributed by atoms with Gasteiger partial charge in [-0.05, 0) is 6.92 Å². The lowest BCUT2D eigenvalue weighted by atomic mass is 10.1. The number of rotatable bonds is 1. The minimum atomic E-state index is -0.419. The molecule has 0 radical (unpaired) electrons. The van der Waals surface area contributed by atoms with E-state index in [9.17, 15) is 9.59 Å². The molecule has 1 amide bonds. The van der Waals surface area contributed by atoms with Crippen molar-refractivity contribution in [3.63, 3.8) is 0 Å². The Kier molecular flexibility index (Phi) is 1.61. The molecule has 2 unspecified atom stereocenters. The van der Waals surface area contributed by atoms with Crippen LogP contribution in [0.2, 0.25) is 0 Å². The van der Waals surface area contributed by atoms with Crippen molar-refractivity contribution in [2.24, 2.45) is 0 Å². The molecule has 0 bridgehead atoms. The normalized spacial score (nSPS) is 30.4. The number of ether oxygens (including phenoxy) is 1. The molecule has 1 N–H and O–H groups in total. The van der Waals surface area contributed by atoms with Crippen molar-refractivity contribution in [2.75, 3.05) is 0 Å². The van der Waals surface area contributed by atoms with Gasteiger partial charge in [-0.25, -0.2) is 4.79 Å². The molecule has 0 aromatic carbocycles. The predicted octanol–water partition coefficient (Wildman–Crippen LogP) is -0.564. The van der Waals surface area contributed by atoms with Crippen molar-refractivity contribution in [1.82, 2.24) is 5.32 Å². The maximum Gasteiger partial charge on any atom is 0.332 e. The third-order valence-corrected chi connectivity index (χ3v) is 1.38. The van der Waals surface area contributed by atoms with Crippen LogP contribution in [0.15, 0.2) is 0 Å². The van der Waals surface area contributed by atoms with Crippen molar-refractivity contribution in [3.8, 4) is 0 Å². The SMILES string of the molecule is CC(=O)NC1C(=O)OC1C. The molecule has 0 spiro atoms. The summed E-state index contributed by atoms with van der Waals surface area (Å²) in [6, 6.07) is -0.419. The van der Waals surface area contributed by atoms with E-state index < -0.39 is 6.04 Å². The number of hydrogen-bond donors (Lipinski definition) is 1. The Hall–Kier alpha value is -1.06. The van der Waals surface area contributed by atoms with Crippen LogP contribution in [0.4, 0.5) is 0 Å². The second-order valence-electron chi connectivity index (χ2n) is 2.32. The van der Waals surface area contributed by atoms with Crippen molar-refractivity contribution in [3.05, 3.63) is 0 Å². The molecule has 1 aliphatic rings. The number of carbonyl (C=O) groups is 2. The Morgan fingerprint density at radius 1 is 1.70 bits per heavy atom. The molecule has 4 heteroatoms. The van der Waals surface area contributed by atoms with Crippen LogP contribution in [-0.4, -0.2) is 24.0 Å². The third kappa shape index (κ3) is 1.10. The number of carbonyl (C=O) groups excluding carboxylic acids is 2. The van der Waals surface area contributed by atoms with Crippen molar-refractivity contribution >= 4 is 11.9 Å². The Labute approximate surface area is 58.5 Å². The highest BCUT2D eigenvalue weighted by atomic mass is 16.6. The molecular weight excluding hydrogens is 134 g/mol. The minimum Gasteiger partial charge on any atom is -0.458 e. The summed E-state index contributed by atoms with van der Waals surface area (Å²) in [6.07, 6.45) is -0.170. The van der Waals surface area contributed by atoms with E-state index in [1.165, 1.54) is 6.92 Å². The van der Waals surface area contributed by atoms with E-state index in [1.807, 2.05) is 0 Å². The van der Waals surface area contributed by atoms with Gasteiger partial charge in [0.05, 0.1) is 0 Å². The van der Waals surface area contributed by atoms with E-state index in [0.717, 1.165) is 0 Å². The second kappa shape index (κ2) is 2.28. The smallest absolute Gasteiger partial charge is 0.332 e. The fraction of sp³-hybridized carbons (Fsp3) is 0.667. The molecule has 0 aliphatic carbocycles. The van der Waals surface area contributed by atoms with Gasteiger partial charge in [-0.2, -0.15) is 0 Å². The third-order valence-electron chi connectivity index (χ3n) is 1.38. The highest BCUT2D eigenvalue weighted by molar-refractivity contribution is 5.87. The number of cyclic esters (lactones) is 1. The molecule has 56 valence electrons. The second-order valence-corrected chi connectivity index (χ2v) is 2.32. The quantitative estimate of drug-likeness (QED) is 0.500. The highest BCUT2D eigenvalue weighted by Gasteiger charge is 2.39. The van der Waals surface area contributed by atoms with Gasteiger partial charge in [-0.15, -0.1) is 0 Å². The van der Waals surface area contributed by atoms with Crippen molar-refractivity contribution in [2.45, 2.75) is 26.0 Å². The summed E-state index contributed by atoms with van der Waals surface area (Å²) in [4.78, 5) is 21.0. The molecular formula is C6H9NO3. The molecule has 1 heterocycles. The number of hydrogen-bond acceptors (Lipinski definition) is 3. The number of esters is 1. The van der Waals surface area contributed by atoms with Gasteiger partial charge in [0.15, 0.2) is 6.04 Å². The van der Waals surface area contributed by atoms with E-state index in [0.29, 0.717) is 0 Å². The van der Waals surface area contributed by atoms with Gasteiger partial charge in [-0.3, -0.25) is 4.79 Å². The summed E-state index contributed by atoms with van der Waals surface area (Å²) in [7, 11) is 0. The van der Waals surface area contributed by atoms with E-state index in [2.05, 4.69) is 10.1 Å². The molecule has 2 atom stereocenters. The standard InChI is InChI=1S/C6H9NO3/c1-3-5(6(9)10-3)7-4(2)8/h3,5H,1-2H3,(H,7,8). The van der Waals surface area contributed by atoms with E-state index in [4.69, 9.17) is 0 Å². The molecule has 0 aromatic heterocycles. The summed E-state index contributed by atoms with van der Waals surface area (Å²) in [5, 5.41) is 2.47. The first-order chi connectivity index (χ1) is 4.61. The lowest BCUT2D eigenvalue weighted by Gasteiger charge is -2.32. The molecule has 0 aromatic rings. The van der Waals surface area contributed by atoms with Gasteiger partial charge >= 0.3 is 5.97 Å². The summed E-state index contributed by atoms with van der Waals surface area (Å²) < 4.78 is 4.60. The summed E-state index contributed by atoms with van der Waals surface area (Å²) in [6.45, 7) is 3.11. The van der Waals surface area contributed by atoms with Crippen molar-refractivity contribution < 1.29 is 14.3 Å². The first kappa shape index (κ1) is 7.05. The van der Waals surface area contributed by atoms with Gasteiger partial charge in [0.25, 0.3) is 0 Å². The monoisotopic (exact) mass is 143 g/mol. The van der Waals surface area contributed by atoms with Crippen LogP contribution in [-0.2, 0) is 14.3 Å². The average molecular weight is 143 g/mol. The highest BCUT2D eigenvalue weighted by Crippen LogP contribution is 2.12. The number of amides is 1. The lowest BCUT2D eigenvalue weighted by Crippen LogP contribution is -2.58. The molecule has 10 heavy (non-hydrogen) atoms. The van der Waals surface area contributed by atoms with Gasteiger partial charge in [0.1, 0.15) is 6.10 Å². The molecule has 1 aliphatic heterocycles. The maximum atomic E-state index is 10.5. The fourth-order valence-corrected chi connectivity index (χ4v) is 0.839. The average Bonchev–Trinajstić information content (AvgIpc) is 1.84. The number of nitrogens with one attached hydrogen (secondary N) is 1. The van der Waals surface area contributed by atoms with E-state index >= 15 is 0 Å². The Balaban J connectivity index is 2.40. The summed E-state index contributed by atoms with van der Waals surface area (Å²) in [5.41, 5.74) is 0. The van der Waals surface area contributed by atoms with Gasteiger partial charge in [-0.1, -0.05) is 0 Å². The Morgan fingerprint density at radius 2 is 2.30 bits per heavy atom. The van der Waals surface area contributed by atoms with Crippen LogP contribution in [0.1, 0.15) is 13.8 Å². The lowest BCUT2D eigenvalue weighted by molar-refractivity contribution is -0.175. The first-order valence-corrected chi connectivity index (χ1v) is 3.09. The summed E-state index contributed by atoms with van der Waals surface area (Å²) in [5.74, 6) is -0.545. The van der Waals surface area contributed by atoms with Crippen LogP contribution < -0.4 is 5.32 Å².